The first kappa shape index (κ1) is 23.8. The molecule has 2 aromatic carbocycles. The Balaban J connectivity index is 1.50. The molecule has 0 radical (unpaired) electrons. The fourth-order valence-electron chi connectivity index (χ4n) is 3.94. The number of carbonyl (C=O) groups is 1. The van der Waals surface area contributed by atoms with Gasteiger partial charge in [0.2, 0.25) is 20.0 Å². The number of nitrogens with zero attached hydrogens (tertiary/aromatic N) is 2. The molecule has 1 atom stereocenters. The minimum absolute atomic E-state index is 0.0190. The molecular weight excluding hydrogens is 469 g/mol. The van der Waals surface area contributed by atoms with Gasteiger partial charge in [-0.05, 0) is 67.6 Å². The van der Waals surface area contributed by atoms with Crippen LogP contribution in [0, 0.1) is 11.7 Å². The van der Waals surface area contributed by atoms with Gasteiger partial charge in [0.15, 0.2) is 0 Å². The van der Waals surface area contributed by atoms with Crippen molar-refractivity contribution < 1.29 is 26.0 Å². The third kappa shape index (κ3) is 4.81. The number of amides is 1. The normalized spacial score (nSPS) is 20.2. The van der Waals surface area contributed by atoms with Crippen molar-refractivity contribution in [1.82, 2.24) is 8.61 Å². The first-order chi connectivity index (χ1) is 15.6. The lowest BCUT2D eigenvalue weighted by Gasteiger charge is -2.30. The fourth-order valence-corrected chi connectivity index (χ4v) is 7.14. The van der Waals surface area contributed by atoms with Gasteiger partial charge < -0.3 is 5.32 Å². The van der Waals surface area contributed by atoms with Crippen LogP contribution >= 0.6 is 0 Å². The Morgan fingerprint density at radius 1 is 0.939 bits per heavy atom. The van der Waals surface area contributed by atoms with Crippen molar-refractivity contribution in [1.29, 1.82) is 0 Å². The fraction of sp³-hybridized carbons (Fsp3) is 0.409. The van der Waals surface area contributed by atoms with Crippen LogP contribution in [0.4, 0.5) is 10.1 Å². The van der Waals surface area contributed by atoms with Crippen molar-refractivity contribution in [2.24, 2.45) is 5.92 Å². The summed E-state index contributed by atoms with van der Waals surface area (Å²) in [6.45, 7) is 3.63. The maximum absolute atomic E-state index is 14.2. The van der Waals surface area contributed by atoms with Gasteiger partial charge in [0.1, 0.15) is 10.7 Å². The number of piperidine rings is 1. The van der Waals surface area contributed by atoms with Gasteiger partial charge in [0.05, 0.1) is 4.90 Å². The van der Waals surface area contributed by atoms with E-state index in [-0.39, 0.29) is 10.5 Å². The maximum atomic E-state index is 14.2. The first-order valence-corrected chi connectivity index (χ1v) is 13.7. The number of hydrogen-bond donors (Lipinski definition) is 1. The van der Waals surface area contributed by atoms with Crippen molar-refractivity contribution in [3.05, 3.63) is 53.8 Å². The highest BCUT2D eigenvalue weighted by Gasteiger charge is 2.32. The van der Waals surface area contributed by atoms with Crippen LogP contribution in [0.25, 0.3) is 0 Å². The van der Waals surface area contributed by atoms with E-state index < -0.39 is 36.7 Å². The number of rotatable bonds is 6. The van der Waals surface area contributed by atoms with Crippen molar-refractivity contribution in [3.8, 4) is 0 Å². The Hall–Kier alpha value is -2.34. The Morgan fingerprint density at radius 3 is 2.21 bits per heavy atom. The summed E-state index contributed by atoms with van der Waals surface area (Å²) in [7, 11) is -7.61. The summed E-state index contributed by atoms with van der Waals surface area (Å²) < 4.78 is 67.7. The molecule has 2 aromatic rings. The first-order valence-electron chi connectivity index (χ1n) is 10.8. The molecule has 0 spiro atoms. The number of nitrogens with one attached hydrogen (secondary N) is 1. The Labute approximate surface area is 193 Å². The molecule has 1 unspecified atom stereocenters. The predicted molar refractivity (Wildman–Crippen MR) is 121 cm³/mol. The minimum Gasteiger partial charge on any atom is -0.322 e. The van der Waals surface area contributed by atoms with Crippen LogP contribution in [-0.4, -0.2) is 57.5 Å². The summed E-state index contributed by atoms with van der Waals surface area (Å²) in [5, 5.41) is 2.60. The number of hydrogen-bond acceptors (Lipinski definition) is 5. The molecule has 0 saturated carbocycles. The molecule has 2 saturated heterocycles. The second kappa shape index (κ2) is 9.13. The second-order valence-electron chi connectivity index (χ2n) is 8.49. The van der Waals surface area contributed by atoms with E-state index in [9.17, 15) is 26.0 Å². The molecule has 0 bridgehead atoms. The van der Waals surface area contributed by atoms with Crippen molar-refractivity contribution in [3.63, 3.8) is 0 Å². The molecule has 1 amide bonds. The molecule has 2 aliphatic rings. The van der Waals surface area contributed by atoms with Gasteiger partial charge in [0, 0.05) is 37.4 Å². The van der Waals surface area contributed by atoms with E-state index in [0.29, 0.717) is 44.2 Å². The molecule has 178 valence electrons. The number of halogens is 1. The summed E-state index contributed by atoms with van der Waals surface area (Å²) in [6.07, 6.45) is 2.53. The van der Waals surface area contributed by atoms with E-state index in [4.69, 9.17) is 0 Å². The number of carbonyl (C=O) groups excluding carboxylic acids is 1. The van der Waals surface area contributed by atoms with E-state index in [2.05, 4.69) is 5.32 Å². The lowest BCUT2D eigenvalue weighted by Crippen LogP contribution is -2.42. The predicted octanol–water partition coefficient (Wildman–Crippen LogP) is 2.89. The molecule has 1 N–H and O–H groups in total. The quantitative estimate of drug-likeness (QED) is 0.664. The highest BCUT2D eigenvalue weighted by atomic mass is 32.2. The van der Waals surface area contributed by atoms with Crippen LogP contribution in [0.2, 0.25) is 0 Å². The smallest absolute Gasteiger partial charge is 0.255 e. The van der Waals surface area contributed by atoms with Gasteiger partial charge in [-0.1, -0.05) is 6.92 Å². The summed E-state index contributed by atoms with van der Waals surface area (Å²) in [5.74, 6) is -1.24. The average molecular weight is 496 g/mol. The van der Waals surface area contributed by atoms with E-state index in [1.807, 2.05) is 6.92 Å². The third-order valence-corrected chi connectivity index (χ3v) is 9.79. The molecule has 33 heavy (non-hydrogen) atoms. The second-order valence-corrected chi connectivity index (χ2v) is 12.3. The van der Waals surface area contributed by atoms with E-state index in [1.54, 1.807) is 0 Å². The number of benzene rings is 2. The molecular formula is C22H26FN3O5S2. The van der Waals surface area contributed by atoms with Crippen molar-refractivity contribution in [2.45, 2.75) is 36.0 Å². The zero-order valence-corrected chi connectivity index (χ0v) is 19.8. The zero-order chi connectivity index (χ0) is 23.8. The highest BCUT2D eigenvalue weighted by molar-refractivity contribution is 7.89. The zero-order valence-electron chi connectivity index (χ0n) is 18.2. The van der Waals surface area contributed by atoms with Gasteiger partial charge in [-0.3, -0.25) is 4.79 Å². The maximum Gasteiger partial charge on any atom is 0.255 e. The van der Waals surface area contributed by atoms with E-state index >= 15 is 0 Å². The van der Waals surface area contributed by atoms with Gasteiger partial charge >= 0.3 is 0 Å². The van der Waals surface area contributed by atoms with Crippen molar-refractivity contribution >= 4 is 31.6 Å². The highest BCUT2D eigenvalue weighted by Crippen LogP contribution is 2.26. The Morgan fingerprint density at radius 2 is 1.61 bits per heavy atom. The lowest BCUT2D eigenvalue weighted by atomic mass is 10.0. The van der Waals surface area contributed by atoms with Gasteiger partial charge in [-0.2, -0.15) is 8.61 Å². The van der Waals surface area contributed by atoms with Crippen LogP contribution in [0.1, 0.15) is 36.5 Å². The van der Waals surface area contributed by atoms with Gasteiger partial charge in [-0.15, -0.1) is 0 Å². The molecule has 11 heteroatoms. The largest absolute Gasteiger partial charge is 0.322 e. The number of sulfonamides is 2. The molecule has 2 heterocycles. The summed E-state index contributed by atoms with van der Waals surface area (Å²) in [6, 6.07) is 8.98. The van der Waals surface area contributed by atoms with E-state index in [0.717, 1.165) is 29.3 Å². The van der Waals surface area contributed by atoms with Crippen LogP contribution in [-0.2, 0) is 20.0 Å². The molecule has 2 aliphatic heterocycles. The minimum atomic E-state index is -3.99. The molecule has 4 rings (SSSR count). The van der Waals surface area contributed by atoms with Crippen LogP contribution in [0.5, 0.6) is 0 Å². The summed E-state index contributed by atoms with van der Waals surface area (Å²) in [4.78, 5) is 12.3. The van der Waals surface area contributed by atoms with Gasteiger partial charge in [-0.25, -0.2) is 21.2 Å². The lowest BCUT2D eigenvalue weighted by molar-refractivity contribution is 0.102. The Bertz CT molecular complexity index is 1260. The van der Waals surface area contributed by atoms with Crippen LogP contribution in [0.15, 0.2) is 52.3 Å². The Kier molecular flexibility index (Phi) is 6.59. The SMILES string of the molecule is CC1CCCN(S(=O)(=O)c2ccc(NC(=O)c3ccc(F)c(S(=O)(=O)N4CCC4)c3)cc2)C1. The van der Waals surface area contributed by atoms with Gasteiger partial charge in [0.25, 0.3) is 5.91 Å². The van der Waals surface area contributed by atoms with E-state index in [1.165, 1.54) is 34.6 Å². The summed E-state index contributed by atoms with van der Waals surface area (Å²) >= 11 is 0. The average Bonchev–Trinajstić information content (AvgIpc) is 2.72. The topological polar surface area (TPSA) is 104 Å². The summed E-state index contributed by atoms with van der Waals surface area (Å²) in [5.41, 5.74) is 0.317. The standard InChI is InChI=1S/C22H26FN3O5S2/c1-16-4-2-11-26(15-16)32(28,29)19-8-6-18(7-9-19)24-22(27)17-5-10-20(23)21(14-17)33(30,31)25-12-3-13-25/h5-10,14,16H,2-4,11-13,15H2,1H3,(H,24,27). The number of anilines is 1. The molecule has 0 aliphatic carbocycles. The van der Waals surface area contributed by atoms with Crippen LogP contribution in [0.3, 0.4) is 0 Å². The van der Waals surface area contributed by atoms with Crippen LogP contribution < -0.4 is 5.32 Å². The third-order valence-electron chi connectivity index (χ3n) is 6.00. The molecule has 0 aromatic heterocycles. The molecule has 8 nitrogen and oxygen atoms in total. The van der Waals surface area contributed by atoms with Crippen molar-refractivity contribution in [2.75, 3.05) is 31.5 Å². The molecule has 2 fully saturated rings. The monoisotopic (exact) mass is 495 g/mol.